The summed E-state index contributed by atoms with van der Waals surface area (Å²) in [6.07, 6.45) is 7.87. The van der Waals surface area contributed by atoms with Gasteiger partial charge in [-0.3, -0.25) is 19.2 Å². The number of piperidine rings is 1. The van der Waals surface area contributed by atoms with Crippen molar-refractivity contribution < 1.29 is 9.18 Å². The first-order valence-corrected chi connectivity index (χ1v) is 12.7. The van der Waals surface area contributed by atoms with Gasteiger partial charge >= 0.3 is 0 Å². The molecule has 180 valence electrons. The zero-order chi connectivity index (χ0) is 24.2. The second-order valence-corrected chi connectivity index (χ2v) is 9.69. The third-order valence-electron chi connectivity index (χ3n) is 7.17. The van der Waals surface area contributed by atoms with Crippen molar-refractivity contribution in [2.75, 3.05) is 26.3 Å². The van der Waals surface area contributed by atoms with Gasteiger partial charge in [-0.2, -0.15) is 0 Å². The number of benzene rings is 1. The van der Waals surface area contributed by atoms with Crippen molar-refractivity contribution in [2.45, 2.75) is 44.9 Å². The molecule has 5 rings (SSSR count). The maximum atomic E-state index is 12.8. The van der Waals surface area contributed by atoms with Crippen molar-refractivity contribution in [3.8, 4) is 11.4 Å². The highest BCUT2D eigenvalue weighted by Gasteiger charge is 2.22. The smallest absolute Gasteiger partial charge is 0.169 e. The molecule has 1 saturated heterocycles. The van der Waals surface area contributed by atoms with Gasteiger partial charge in [-0.05, 0) is 80.1 Å². The average Bonchev–Trinajstić information content (AvgIpc) is 2.88. The molecule has 1 fully saturated rings. The summed E-state index contributed by atoms with van der Waals surface area (Å²) in [5.74, 6) is 0.684. The minimum atomic E-state index is -0.230. The van der Waals surface area contributed by atoms with Crippen LogP contribution in [-0.2, 0) is 6.42 Å². The van der Waals surface area contributed by atoms with E-state index in [1.807, 2.05) is 43.3 Å². The second-order valence-electron chi connectivity index (χ2n) is 9.69. The third kappa shape index (κ3) is 5.40. The topological polar surface area (TPSA) is 46.1 Å². The van der Waals surface area contributed by atoms with E-state index in [4.69, 9.17) is 4.98 Å². The van der Waals surface area contributed by atoms with Crippen LogP contribution < -0.4 is 0 Å². The van der Waals surface area contributed by atoms with E-state index in [0.29, 0.717) is 25.2 Å². The molecule has 2 aliphatic rings. The highest BCUT2D eigenvalue weighted by Crippen LogP contribution is 2.31. The van der Waals surface area contributed by atoms with E-state index >= 15 is 0 Å². The molecule has 3 aromatic rings. The summed E-state index contributed by atoms with van der Waals surface area (Å²) in [7, 11) is 0. The number of carbonyl (C=O) groups excluding carboxylic acids is 1. The van der Waals surface area contributed by atoms with Gasteiger partial charge in [0.15, 0.2) is 5.78 Å². The number of carbonyl (C=O) groups is 1. The first kappa shape index (κ1) is 23.6. The molecule has 1 aliphatic heterocycles. The van der Waals surface area contributed by atoms with Crippen LogP contribution in [0, 0.1) is 6.92 Å². The van der Waals surface area contributed by atoms with Crippen LogP contribution in [-0.4, -0.2) is 47.0 Å². The molecule has 1 aliphatic carbocycles. The highest BCUT2D eigenvalue weighted by atomic mass is 19.1. The highest BCUT2D eigenvalue weighted by molar-refractivity contribution is 6.04. The summed E-state index contributed by atoms with van der Waals surface area (Å²) in [5.41, 5.74) is 7.59. The molecule has 0 bridgehead atoms. The van der Waals surface area contributed by atoms with Gasteiger partial charge < -0.3 is 4.90 Å². The summed E-state index contributed by atoms with van der Waals surface area (Å²) in [6.45, 7) is 4.69. The van der Waals surface area contributed by atoms with Gasteiger partial charge in [0, 0.05) is 30.6 Å². The molecule has 0 saturated carbocycles. The fraction of sp³-hybridized carbons (Fsp3) is 0.367. The minimum Gasteiger partial charge on any atom is -0.303 e. The van der Waals surface area contributed by atoms with E-state index in [1.54, 1.807) is 0 Å². The third-order valence-corrected chi connectivity index (χ3v) is 7.17. The maximum absolute atomic E-state index is 12.8. The normalized spacial score (nSPS) is 16.5. The van der Waals surface area contributed by atoms with Crippen molar-refractivity contribution in [3.05, 3.63) is 88.2 Å². The summed E-state index contributed by atoms with van der Waals surface area (Å²) in [4.78, 5) is 24.8. The molecule has 5 heteroatoms. The Hall–Kier alpha value is -3.18. The van der Waals surface area contributed by atoms with E-state index in [1.165, 1.54) is 5.56 Å². The van der Waals surface area contributed by atoms with Crippen LogP contribution in [0.25, 0.3) is 17.5 Å². The maximum Gasteiger partial charge on any atom is 0.169 e. The number of ketones is 1. The largest absolute Gasteiger partial charge is 0.303 e. The lowest BCUT2D eigenvalue weighted by Gasteiger charge is -2.32. The van der Waals surface area contributed by atoms with Gasteiger partial charge in [0.1, 0.15) is 0 Å². The van der Waals surface area contributed by atoms with E-state index in [2.05, 4.69) is 34.1 Å². The quantitative estimate of drug-likeness (QED) is 0.414. The molecule has 2 aromatic heterocycles. The van der Waals surface area contributed by atoms with Crippen molar-refractivity contribution in [1.82, 2.24) is 14.9 Å². The Morgan fingerprint density at radius 1 is 1.03 bits per heavy atom. The lowest BCUT2D eigenvalue weighted by molar-refractivity contribution is 0.0993. The number of alkyl halides is 1. The zero-order valence-corrected chi connectivity index (χ0v) is 20.3. The molecular formula is C30H32FN3O. The first-order chi connectivity index (χ1) is 17.1. The molecule has 0 unspecified atom stereocenters. The fourth-order valence-corrected chi connectivity index (χ4v) is 5.29. The number of Topliss-reactive ketones (excluding diaryl/α,β-unsaturated/α-hetero) is 1. The van der Waals surface area contributed by atoms with E-state index in [-0.39, 0.29) is 12.5 Å². The fourth-order valence-electron chi connectivity index (χ4n) is 5.29. The van der Waals surface area contributed by atoms with Crippen molar-refractivity contribution in [2.24, 2.45) is 0 Å². The van der Waals surface area contributed by atoms with E-state index < -0.39 is 0 Å². The molecule has 0 amide bonds. The van der Waals surface area contributed by atoms with Gasteiger partial charge in [0.05, 0.1) is 23.8 Å². The Morgan fingerprint density at radius 2 is 1.83 bits per heavy atom. The Labute approximate surface area is 206 Å². The Balaban J connectivity index is 1.36. The lowest BCUT2D eigenvalue weighted by atomic mass is 9.88. The van der Waals surface area contributed by atoms with Gasteiger partial charge in [0.2, 0.25) is 0 Å². The van der Waals surface area contributed by atoms with E-state index in [9.17, 15) is 9.18 Å². The van der Waals surface area contributed by atoms with E-state index in [0.717, 1.165) is 71.9 Å². The number of aryl methyl sites for hydroxylation is 1. The number of rotatable bonds is 7. The van der Waals surface area contributed by atoms with Gasteiger partial charge in [-0.25, -0.2) is 0 Å². The van der Waals surface area contributed by atoms with Gasteiger partial charge in [0.25, 0.3) is 0 Å². The van der Waals surface area contributed by atoms with Crippen LogP contribution in [0.5, 0.6) is 0 Å². The number of likely N-dealkylation sites (tertiary alicyclic amines) is 1. The van der Waals surface area contributed by atoms with Gasteiger partial charge in [-0.15, -0.1) is 0 Å². The van der Waals surface area contributed by atoms with Crippen molar-refractivity contribution >= 4 is 11.9 Å². The number of hydrogen-bond donors (Lipinski definition) is 0. The predicted molar refractivity (Wildman–Crippen MR) is 138 cm³/mol. The van der Waals surface area contributed by atoms with Crippen molar-refractivity contribution in [1.29, 1.82) is 0 Å². The van der Waals surface area contributed by atoms with Gasteiger partial charge in [-0.1, -0.05) is 42.5 Å². The van der Waals surface area contributed by atoms with Crippen LogP contribution >= 0.6 is 0 Å². The molecule has 35 heavy (non-hydrogen) atoms. The number of nitrogens with zero attached hydrogens (tertiary/aromatic N) is 3. The number of aromatic nitrogens is 2. The van der Waals surface area contributed by atoms with Crippen LogP contribution in [0.4, 0.5) is 4.39 Å². The molecule has 0 N–H and O–H groups in total. The summed E-state index contributed by atoms with van der Waals surface area (Å²) >= 11 is 0. The molecule has 0 spiro atoms. The molecule has 1 aromatic carbocycles. The number of pyridine rings is 2. The zero-order valence-electron chi connectivity index (χ0n) is 20.3. The molecular weight excluding hydrogens is 437 g/mol. The van der Waals surface area contributed by atoms with Crippen LogP contribution in [0.1, 0.15) is 70.0 Å². The number of allylic oxidation sites excluding steroid dienone is 1. The van der Waals surface area contributed by atoms with Crippen LogP contribution in [0.15, 0.2) is 54.6 Å². The first-order valence-electron chi connectivity index (χ1n) is 12.7. The Morgan fingerprint density at radius 3 is 2.57 bits per heavy atom. The number of halogens is 1. The SMILES string of the molecule is Cc1cccc(-c2cc3c(c(Cc4ccc(C5CCN(CCCF)CC5)cc4)n2)C(=O)CC=C3)n1. The minimum absolute atomic E-state index is 0.130. The number of hydrogen-bond acceptors (Lipinski definition) is 4. The second kappa shape index (κ2) is 10.6. The monoisotopic (exact) mass is 469 g/mol. The summed E-state index contributed by atoms with van der Waals surface area (Å²) in [6, 6.07) is 16.7. The summed E-state index contributed by atoms with van der Waals surface area (Å²) < 4.78 is 12.5. The Kier molecular flexibility index (Phi) is 7.14. The molecule has 4 nitrogen and oxygen atoms in total. The average molecular weight is 470 g/mol. The number of fused-ring (bicyclic) bond motifs is 1. The standard InChI is InChI=1S/C30H32FN3O/c1-21-5-2-7-26(32-21)27-20-25-6-3-8-29(35)30(25)28(33-27)19-22-9-11-23(12-10-22)24-13-17-34(18-14-24)16-4-15-31/h2-3,5-7,9-12,20,24H,4,8,13-19H2,1H3. The van der Waals surface area contributed by atoms with Crippen LogP contribution in [0.3, 0.4) is 0 Å². The van der Waals surface area contributed by atoms with Crippen molar-refractivity contribution in [3.63, 3.8) is 0 Å². The summed E-state index contributed by atoms with van der Waals surface area (Å²) in [5, 5.41) is 0. The molecule has 3 heterocycles. The lowest BCUT2D eigenvalue weighted by Crippen LogP contribution is -2.33. The molecule has 0 radical (unpaired) electrons. The predicted octanol–water partition coefficient (Wildman–Crippen LogP) is 6.18. The molecule has 0 atom stereocenters. The Bertz CT molecular complexity index is 1230. The van der Waals surface area contributed by atoms with Crippen LogP contribution in [0.2, 0.25) is 0 Å².